The van der Waals surface area contributed by atoms with E-state index < -0.39 is 23.5 Å². The summed E-state index contributed by atoms with van der Waals surface area (Å²) in [7, 11) is 4.36. The van der Waals surface area contributed by atoms with Crippen LogP contribution in [0, 0.1) is 19.7 Å². The molecule has 1 unspecified atom stereocenters. The molecule has 1 N–H and O–H groups in total. The summed E-state index contributed by atoms with van der Waals surface area (Å²) in [5.41, 5.74) is 2.86. The van der Waals surface area contributed by atoms with Crippen molar-refractivity contribution in [1.29, 1.82) is 0 Å². The van der Waals surface area contributed by atoms with E-state index in [0.717, 1.165) is 16.9 Å². The topological polar surface area (TPSA) is 128 Å². The maximum absolute atomic E-state index is 14.2. The standard InChI is InChI=1S/C32H28FN5O6S2/c1-16-9-8-12-37-17(2)24(34-29(16)37)26(39)23-25(19-13-21(42-3)28(44-5)22(14-19)43-4)38(30(41)27(23)40)31-35-36-32(46-31)45-15-18-10-6-7-11-20(18)33/h6-14,25,39H,15H2,1-5H3. The van der Waals surface area contributed by atoms with Gasteiger partial charge in [-0.1, -0.05) is 47.4 Å². The first-order valence-electron chi connectivity index (χ1n) is 13.9. The molecule has 14 heteroatoms. The molecule has 1 amide bonds. The second-order valence-corrected chi connectivity index (χ2v) is 12.5. The number of rotatable bonds is 9. The number of amides is 1. The van der Waals surface area contributed by atoms with E-state index in [1.807, 2.05) is 19.1 Å². The van der Waals surface area contributed by atoms with Crippen molar-refractivity contribution in [3.05, 3.63) is 94.2 Å². The number of halogens is 1. The fraction of sp³-hybridized carbons (Fsp3) is 0.219. The van der Waals surface area contributed by atoms with Gasteiger partial charge < -0.3 is 23.7 Å². The Labute approximate surface area is 271 Å². The molecule has 5 aromatic rings. The van der Waals surface area contributed by atoms with Crippen molar-refractivity contribution in [1.82, 2.24) is 19.6 Å². The van der Waals surface area contributed by atoms with Crippen molar-refractivity contribution >= 4 is 51.3 Å². The Kier molecular flexibility index (Phi) is 8.40. The van der Waals surface area contributed by atoms with Gasteiger partial charge in [-0.2, -0.15) is 0 Å². The molecule has 0 aliphatic carbocycles. The van der Waals surface area contributed by atoms with Gasteiger partial charge in [0.25, 0.3) is 5.78 Å². The van der Waals surface area contributed by atoms with E-state index in [9.17, 15) is 19.1 Å². The summed E-state index contributed by atoms with van der Waals surface area (Å²) in [5, 5.41) is 20.4. The number of carbonyl (C=O) groups excluding carboxylic acids is 2. The van der Waals surface area contributed by atoms with Gasteiger partial charge in [0, 0.05) is 11.9 Å². The molecule has 0 saturated carbocycles. The third kappa shape index (κ3) is 5.22. The molecule has 0 spiro atoms. The number of aryl methyl sites for hydroxylation is 2. The number of anilines is 1. The molecule has 1 aliphatic rings. The van der Waals surface area contributed by atoms with Gasteiger partial charge in [0.05, 0.1) is 38.6 Å². The number of ether oxygens (including phenoxy) is 3. The number of carbonyl (C=O) groups is 2. The van der Waals surface area contributed by atoms with Gasteiger partial charge in [-0.05, 0) is 54.8 Å². The van der Waals surface area contributed by atoms with Crippen LogP contribution in [0.2, 0.25) is 0 Å². The summed E-state index contributed by atoms with van der Waals surface area (Å²) in [5.74, 6) is -1.49. The van der Waals surface area contributed by atoms with E-state index in [1.165, 1.54) is 44.1 Å². The molecule has 236 valence electrons. The minimum Gasteiger partial charge on any atom is -0.505 e. The Balaban J connectivity index is 1.51. The fourth-order valence-corrected chi connectivity index (χ4v) is 7.25. The number of ketones is 1. The number of pyridine rings is 1. The average Bonchev–Trinajstić information content (AvgIpc) is 3.74. The van der Waals surface area contributed by atoms with Crippen LogP contribution in [-0.2, 0) is 15.3 Å². The lowest BCUT2D eigenvalue weighted by atomic mass is 9.95. The molecule has 46 heavy (non-hydrogen) atoms. The van der Waals surface area contributed by atoms with Crippen LogP contribution in [-0.4, -0.2) is 57.7 Å². The lowest BCUT2D eigenvalue weighted by Crippen LogP contribution is -2.29. The van der Waals surface area contributed by atoms with Crippen LogP contribution in [0.1, 0.15) is 34.1 Å². The highest BCUT2D eigenvalue weighted by molar-refractivity contribution is 8.00. The molecule has 1 aliphatic heterocycles. The van der Waals surface area contributed by atoms with Crippen LogP contribution in [0.15, 0.2) is 64.6 Å². The number of aromatic nitrogens is 4. The molecule has 6 rings (SSSR count). The van der Waals surface area contributed by atoms with Crippen LogP contribution < -0.4 is 19.1 Å². The van der Waals surface area contributed by atoms with Crippen molar-refractivity contribution < 1.29 is 33.3 Å². The number of nitrogens with zero attached hydrogens (tertiary/aromatic N) is 5. The Morgan fingerprint density at radius 1 is 1.02 bits per heavy atom. The molecule has 1 atom stereocenters. The lowest BCUT2D eigenvalue weighted by molar-refractivity contribution is -0.132. The average molecular weight is 662 g/mol. The van der Waals surface area contributed by atoms with Crippen molar-refractivity contribution in [2.75, 3.05) is 26.2 Å². The third-order valence-electron chi connectivity index (χ3n) is 7.67. The molecule has 11 nitrogen and oxygen atoms in total. The third-order valence-corrected chi connectivity index (χ3v) is 9.77. The first-order chi connectivity index (χ1) is 22.2. The molecule has 0 bridgehead atoms. The monoisotopic (exact) mass is 661 g/mol. The van der Waals surface area contributed by atoms with Crippen LogP contribution in [0.5, 0.6) is 17.2 Å². The van der Waals surface area contributed by atoms with Crippen molar-refractivity contribution in [2.45, 2.75) is 30.0 Å². The number of aliphatic hydroxyl groups excluding tert-OH is 1. The van der Waals surface area contributed by atoms with Gasteiger partial charge in [-0.25, -0.2) is 9.37 Å². The van der Waals surface area contributed by atoms with Crippen molar-refractivity contribution in [3.63, 3.8) is 0 Å². The maximum atomic E-state index is 14.2. The maximum Gasteiger partial charge on any atom is 0.301 e. The van der Waals surface area contributed by atoms with Gasteiger partial charge >= 0.3 is 5.91 Å². The highest BCUT2D eigenvalue weighted by Gasteiger charge is 2.49. The first kappa shape index (κ1) is 31.0. The predicted octanol–water partition coefficient (Wildman–Crippen LogP) is 5.89. The zero-order valence-corrected chi connectivity index (χ0v) is 27.0. The first-order valence-corrected chi connectivity index (χ1v) is 15.7. The Bertz CT molecular complexity index is 2020. The van der Waals surface area contributed by atoms with E-state index in [0.29, 0.717) is 32.6 Å². The molecule has 4 heterocycles. The Hall–Kier alpha value is -4.95. The summed E-state index contributed by atoms with van der Waals surface area (Å²) >= 11 is 2.31. The van der Waals surface area contributed by atoms with E-state index >= 15 is 0 Å². The van der Waals surface area contributed by atoms with Gasteiger partial charge in [-0.3, -0.25) is 14.5 Å². The molecule has 0 radical (unpaired) electrons. The van der Waals surface area contributed by atoms with Crippen molar-refractivity contribution in [2.24, 2.45) is 0 Å². The summed E-state index contributed by atoms with van der Waals surface area (Å²) in [4.78, 5) is 33.5. The smallest absolute Gasteiger partial charge is 0.301 e. The highest BCUT2D eigenvalue weighted by atomic mass is 32.2. The molecule has 1 fully saturated rings. The number of Topliss-reactive ketones (excluding diaryl/α,β-unsaturated/α-hetero) is 1. The van der Waals surface area contributed by atoms with E-state index in [2.05, 4.69) is 15.2 Å². The number of hydrogen-bond donors (Lipinski definition) is 1. The quantitative estimate of drug-likeness (QED) is 0.0672. The SMILES string of the molecule is COc1cc(C2C(=C(O)c3nc4c(C)cccn4c3C)C(=O)C(=O)N2c2nnc(SCc3ccccc3F)s2)cc(OC)c1OC. The normalized spacial score (nSPS) is 16.0. The summed E-state index contributed by atoms with van der Waals surface area (Å²) in [6.07, 6.45) is 1.80. The van der Waals surface area contributed by atoms with Crippen LogP contribution in [0.4, 0.5) is 9.52 Å². The summed E-state index contributed by atoms with van der Waals surface area (Å²) in [6.45, 7) is 3.65. The molecular formula is C32H28FN5O6S2. The van der Waals surface area contributed by atoms with Gasteiger partial charge in [0.1, 0.15) is 17.2 Å². The zero-order chi connectivity index (χ0) is 32.7. The Morgan fingerprint density at radius 2 is 1.74 bits per heavy atom. The van der Waals surface area contributed by atoms with Crippen LogP contribution in [0.3, 0.4) is 0 Å². The number of imidazole rings is 1. The Morgan fingerprint density at radius 3 is 2.39 bits per heavy atom. The number of thioether (sulfide) groups is 1. The van der Waals surface area contributed by atoms with E-state index in [-0.39, 0.29) is 39.5 Å². The number of methoxy groups -OCH3 is 3. The van der Waals surface area contributed by atoms with Crippen LogP contribution in [0.25, 0.3) is 11.4 Å². The molecular weight excluding hydrogens is 634 g/mol. The number of aliphatic hydroxyl groups is 1. The zero-order valence-electron chi connectivity index (χ0n) is 25.4. The largest absolute Gasteiger partial charge is 0.505 e. The molecule has 1 saturated heterocycles. The number of hydrogen-bond acceptors (Lipinski definition) is 11. The fourth-order valence-electron chi connectivity index (χ4n) is 5.39. The lowest BCUT2D eigenvalue weighted by Gasteiger charge is -2.24. The second-order valence-electron chi connectivity index (χ2n) is 10.3. The predicted molar refractivity (Wildman–Crippen MR) is 171 cm³/mol. The van der Waals surface area contributed by atoms with Gasteiger partial charge in [-0.15, -0.1) is 10.2 Å². The second kappa shape index (κ2) is 12.4. The van der Waals surface area contributed by atoms with E-state index in [4.69, 9.17) is 14.2 Å². The van der Waals surface area contributed by atoms with Crippen molar-refractivity contribution in [3.8, 4) is 17.2 Å². The highest BCUT2D eigenvalue weighted by Crippen LogP contribution is 2.48. The minimum atomic E-state index is -1.17. The molecule has 3 aromatic heterocycles. The molecule has 2 aromatic carbocycles. The summed E-state index contributed by atoms with van der Waals surface area (Å²) in [6, 6.07) is 12.2. The summed E-state index contributed by atoms with van der Waals surface area (Å²) < 4.78 is 33.1. The van der Waals surface area contributed by atoms with Crippen LogP contribution >= 0.6 is 23.1 Å². The number of fused-ring (bicyclic) bond motifs is 1. The van der Waals surface area contributed by atoms with E-state index in [1.54, 1.807) is 47.9 Å². The minimum absolute atomic E-state index is 0.110. The van der Waals surface area contributed by atoms with Gasteiger partial charge in [0.15, 0.2) is 21.6 Å². The number of benzene rings is 2. The van der Waals surface area contributed by atoms with Gasteiger partial charge in [0.2, 0.25) is 10.9 Å².